The molecule has 7 heavy (non-hydrogen) atoms. The van der Waals surface area contributed by atoms with Crippen LogP contribution in [-0.4, -0.2) is 10.2 Å². The average Bonchev–Trinajstić information content (AvgIpc) is 1.87. The van der Waals surface area contributed by atoms with Crippen molar-refractivity contribution in [1.82, 2.24) is 10.2 Å². The molecule has 1 heterocycles. The molecule has 2 nitrogen and oxygen atoms in total. The van der Waals surface area contributed by atoms with Crippen molar-refractivity contribution >= 4 is 22.6 Å². The van der Waals surface area contributed by atoms with Crippen LogP contribution in [0.3, 0.4) is 0 Å². The molecule has 0 aliphatic rings. The van der Waals surface area contributed by atoms with Crippen LogP contribution in [-0.2, 0) is 0 Å². The van der Waals surface area contributed by atoms with Crippen molar-refractivity contribution in [3.8, 4) is 0 Å². The number of rotatable bonds is 0. The zero-order chi connectivity index (χ0) is 5.28. The first kappa shape index (κ1) is 5.02. The second-order valence-corrected chi connectivity index (χ2v) is 2.14. The van der Waals surface area contributed by atoms with E-state index in [0.717, 1.165) is 0 Å². The van der Waals surface area contributed by atoms with Gasteiger partial charge in [-0.1, -0.05) is 0 Å². The lowest BCUT2D eigenvalue weighted by atomic mass is 10.7. The molecule has 1 rings (SSSR count). The van der Waals surface area contributed by atoms with Gasteiger partial charge in [0.1, 0.15) is 3.70 Å². The molecule has 1 N–H and O–H groups in total. The average molecular weight is 212 g/mol. The van der Waals surface area contributed by atoms with Crippen LogP contribution in [0.15, 0.2) is 6.07 Å². The number of nitrogens with zero attached hydrogens (tertiary/aromatic N) is 1. The van der Waals surface area contributed by atoms with Crippen molar-refractivity contribution in [3.05, 3.63) is 15.7 Å². The minimum absolute atomic E-state index is 0.385. The first-order valence-electron chi connectivity index (χ1n) is 1.65. The molecule has 1 aromatic heterocycles. The molecule has 1 aromatic rings. The standard InChI is InChI=1S/C3H2FIN2/c4-2-1-3(5)7-6-2/h1H,(H,6,7). The number of nitrogens with one attached hydrogen (secondary N) is 1. The second kappa shape index (κ2) is 1.77. The lowest BCUT2D eigenvalue weighted by Gasteiger charge is -1.62. The van der Waals surface area contributed by atoms with E-state index in [2.05, 4.69) is 10.2 Å². The van der Waals surface area contributed by atoms with Gasteiger partial charge in [-0.05, 0) is 22.6 Å². The Balaban J connectivity index is 3.04. The molecular weight excluding hydrogens is 210 g/mol. The van der Waals surface area contributed by atoms with Gasteiger partial charge in [0.05, 0.1) is 0 Å². The monoisotopic (exact) mass is 212 g/mol. The SMILES string of the molecule is Fc1cc(I)n[nH]1. The summed E-state index contributed by atoms with van der Waals surface area (Å²) in [6.07, 6.45) is 0. The van der Waals surface area contributed by atoms with Crippen LogP contribution in [0, 0.1) is 9.65 Å². The molecule has 0 unspecified atom stereocenters. The smallest absolute Gasteiger partial charge is 0.209 e. The third-order valence-electron chi connectivity index (χ3n) is 0.515. The maximum Gasteiger partial charge on any atom is 0.209 e. The summed E-state index contributed by atoms with van der Waals surface area (Å²) in [7, 11) is 0. The summed E-state index contributed by atoms with van der Waals surface area (Å²) in [5.41, 5.74) is 0. The molecule has 0 atom stereocenters. The molecule has 0 fully saturated rings. The van der Waals surface area contributed by atoms with Crippen LogP contribution in [0.4, 0.5) is 4.39 Å². The highest BCUT2D eigenvalue weighted by atomic mass is 127. The number of hydrogen-bond donors (Lipinski definition) is 1. The van der Waals surface area contributed by atoms with E-state index < -0.39 is 0 Å². The summed E-state index contributed by atoms with van der Waals surface area (Å²) in [6, 6.07) is 1.32. The van der Waals surface area contributed by atoms with Crippen molar-refractivity contribution in [2.45, 2.75) is 0 Å². The quantitative estimate of drug-likeness (QED) is 0.642. The first-order valence-corrected chi connectivity index (χ1v) is 2.73. The third kappa shape index (κ3) is 1.12. The van der Waals surface area contributed by atoms with E-state index in [9.17, 15) is 4.39 Å². The molecule has 0 saturated heterocycles. The molecule has 0 aliphatic carbocycles. The van der Waals surface area contributed by atoms with E-state index in [4.69, 9.17) is 0 Å². The summed E-state index contributed by atoms with van der Waals surface area (Å²) < 4.78 is 12.5. The predicted octanol–water partition coefficient (Wildman–Crippen LogP) is 1.15. The van der Waals surface area contributed by atoms with Gasteiger partial charge in [0.2, 0.25) is 5.95 Å². The van der Waals surface area contributed by atoms with Crippen molar-refractivity contribution < 1.29 is 4.39 Å². The Kier molecular flexibility index (Phi) is 1.27. The van der Waals surface area contributed by atoms with E-state index in [1.807, 2.05) is 22.6 Å². The van der Waals surface area contributed by atoms with Gasteiger partial charge in [-0.2, -0.15) is 9.49 Å². The molecular formula is C3H2FIN2. The number of aromatic amines is 1. The van der Waals surface area contributed by atoms with Crippen LogP contribution in [0.2, 0.25) is 0 Å². The maximum absolute atomic E-state index is 11.8. The van der Waals surface area contributed by atoms with Crippen molar-refractivity contribution in [1.29, 1.82) is 0 Å². The Morgan fingerprint density at radius 1 is 1.86 bits per heavy atom. The van der Waals surface area contributed by atoms with Crippen molar-refractivity contribution in [2.24, 2.45) is 0 Å². The summed E-state index contributed by atoms with van der Waals surface area (Å²) in [4.78, 5) is 0. The van der Waals surface area contributed by atoms with Gasteiger partial charge in [0.25, 0.3) is 0 Å². The van der Waals surface area contributed by atoms with Gasteiger partial charge in [-0.15, -0.1) is 0 Å². The zero-order valence-corrected chi connectivity index (χ0v) is 5.44. The van der Waals surface area contributed by atoms with E-state index in [-0.39, 0.29) is 5.95 Å². The fraction of sp³-hybridized carbons (Fsp3) is 0. The fourth-order valence-electron chi connectivity index (χ4n) is 0.276. The summed E-state index contributed by atoms with van der Waals surface area (Å²) in [6.45, 7) is 0. The highest BCUT2D eigenvalue weighted by Crippen LogP contribution is 1.98. The Bertz CT molecular complexity index is 145. The van der Waals surface area contributed by atoms with E-state index in [1.54, 1.807) is 0 Å². The summed E-state index contributed by atoms with van der Waals surface area (Å²) in [5, 5.41) is 5.65. The van der Waals surface area contributed by atoms with E-state index in [0.29, 0.717) is 3.70 Å². The van der Waals surface area contributed by atoms with Crippen molar-refractivity contribution in [2.75, 3.05) is 0 Å². The normalized spacial score (nSPS) is 9.43. The van der Waals surface area contributed by atoms with E-state index in [1.165, 1.54) is 6.07 Å². The number of H-pyrrole nitrogens is 1. The Morgan fingerprint density at radius 2 is 2.57 bits per heavy atom. The van der Waals surface area contributed by atoms with Crippen LogP contribution >= 0.6 is 22.6 Å². The molecule has 0 saturated carbocycles. The molecule has 0 aromatic carbocycles. The highest BCUT2D eigenvalue weighted by Gasteiger charge is 1.90. The minimum Gasteiger partial charge on any atom is -0.252 e. The lowest BCUT2D eigenvalue weighted by molar-refractivity contribution is 0.579. The predicted molar refractivity (Wildman–Crippen MR) is 31.3 cm³/mol. The van der Waals surface area contributed by atoms with Gasteiger partial charge >= 0.3 is 0 Å². The number of hydrogen-bond acceptors (Lipinski definition) is 1. The Labute approximate surface area is 53.3 Å². The molecule has 0 aliphatic heterocycles. The van der Waals surface area contributed by atoms with Crippen molar-refractivity contribution in [3.63, 3.8) is 0 Å². The highest BCUT2D eigenvalue weighted by molar-refractivity contribution is 14.1. The molecule has 0 amide bonds. The number of aromatic nitrogens is 2. The van der Waals surface area contributed by atoms with E-state index >= 15 is 0 Å². The third-order valence-corrected chi connectivity index (χ3v) is 1.07. The van der Waals surface area contributed by atoms with Crippen LogP contribution in [0.25, 0.3) is 0 Å². The summed E-state index contributed by atoms with van der Waals surface area (Å²) >= 11 is 1.92. The van der Waals surface area contributed by atoms with Crippen LogP contribution in [0.1, 0.15) is 0 Å². The maximum atomic E-state index is 11.8. The molecule has 0 radical (unpaired) electrons. The fourth-order valence-corrected chi connectivity index (χ4v) is 0.670. The molecule has 0 spiro atoms. The topological polar surface area (TPSA) is 28.7 Å². The van der Waals surface area contributed by atoms with Crippen LogP contribution < -0.4 is 0 Å². The molecule has 4 heteroatoms. The largest absolute Gasteiger partial charge is 0.252 e. The van der Waals surface area contributed by atoms with Gasteiger partial charge in [-0.3, -0.25) is 5.10 Å². The lowest BCUT2D eigenvalue weighted by Crippen LogP contribution is -1.68. The van der Waals surface area contributed by atoms with Gasteiger partial charge < -0.3 is 0 Å². The minimum atomic E-state index is -0.385. The Hall–Kier alpha value is -0.130. The zero-order valence-electron chi connectivity index (χ0n) is 3.28. The number of halogens is 2. The second-order valence-electron chi connectivity index (χ2n) is 1.04. The summed E-state index contributed by atoms with van der Waals surface area (Å²) in [5.74, 6) is -0.385. The van der Waals surface area contributed by atoms with Gasteiger partial charge in [0.15, 0.2) is 0 Å². The van der Waals surface area contributed by atoms with Gasteiger partial charge in [-0.25, -0.2) is 0 Å². The van der Waals surface area contributed by atoms with Crippen LogP contribution in [0.5, 0.6) is 0 Å². The van der Waals surface area contributed by atoms with Gasteiger partial charge in [0, 0.05) is 6.07 Å². The first-order chi connectivity index (χ1) is 3.29. The molecule has 0 bridgehead atoms. The Morgan fingerprint density at radius 3 is 2.71 bits per heavy atom. The molecule has 38 valence electrons.